The zero-order chi connectivity index (χ0) is 13.8. The summed E-state index contributed by atoms with van der Waals surface area (Å²) in [4.78, 5) is 0. The van der Waals surface area contributed by atoms with Crippen LogP contribution in [-0.2, 0) is 0 Å². The summed E-state index contributed by atoms with van der Waals surface area (Å²) in [6.07, 6.45) is 1.26. The SMILES string of the molecule is CPC(CC(C)C)c1cccc(OC(C)(C)C)c1. The van der Waals surface area contributed by atoms with Crippen LogP contribution >= 0.6 is 8.58 Å². The van der Waals surface area contributed by atoms with Crippen LogP contribution in [0.1, 0.15) is 52.3 Å². The number of ether oxygens (including phenoxy) is 1. The van der Waals surface area contributed by atoms with E-state index >= 15 is 0 Å². The molecule has 1 nitrogen and oxygen atoms in total. The minimum absolute atomic E-state index is 0.124. The Morgan fingerprint density at radius 3 is 2.39 bits per heavy atom. The van der Waals surface area contributed by atoms with Gasteiger partial charge in [-0.15, -0.1) is 8.58 Å². The number of hydrogen-bond donors (Lipinski definition) is 0. The van der Waals surface area contributed by atoms with Gasteiger partial charge in [0.15, 0.2) is 0 Å². The van der Waals surface area contributed by atoms with E-state index in [0.29, 0.717) is 5.66 Å². The second-order valence-electron chi connectivity index (χ2n) is 6.26. The van der Waals surface area contributed by atoms with Crippen LogP contribution < -0.4 is 4.74 Å². The molecule has 2 heteroatoms. The van der Waals surface area contributed by atoms with Crippen molar-refractivity contribution in [2.45, 2.75) is 52.3 Å². The van der Waals surface area contributed by atoms with E-state index in [1.165, 1.54) is 12.0 Å². The van der Waals surface area contributed by atoms with Crippen molar-refractivity contribution in [3.8, 4) is 5.75 Å². The summed E-state index contributed by atoms with van der Waals surface area (Å²) in [5.41, 5.74) is 1.97. The predicted octanol–water partition coefficient (Wildman–Crippen LogP) is 5.26. The summed E-state index contributed by atoms with van der Waals surface area (Å²) in [5, 5.41) is 0. The standard InChI is InChI=1S/C16H27OP/c1-12(2)10-15(18-6)13-8-7-9-14(11-13)17-16(3,4)5/h7-9,11-12,15,18H,10H2,1-6H3. The molecule has 2 unspecified atom stereocenters. The van der Waals surface area contributed by atoms with E-state index < -0.39 is 0 Å². The van der Waals surface area contributed by atoms with Gasteiger partial charge in [-0.25, -0.2) is 0 Å². The molecule has 102 valence electrons. The molecule has 0 aliphatic rings. The molecular formula is C16H27OP. The summed E-state index contributed by atoms with van der Waals surface area (Å²) in [5.74, 6) is 1.74. The normalized spacial score (nSPS) is 14.4. The molecule has 1 aromatic rings. The third-order valence-electron chi connectivity index (χ3n) is 2.74. The maximum absolute atomic E-state index is 5.95. The molecular weight excluding hydrogens is 239 g/mol. The van der Waals surface area contributed by atoms with Crippen LogP contribution in [-0.4, -0.2) is 12.3 Å². The van der Waals surface area contributed by atoms with Crippen molar-refractivity contribution in [1.82, 2.24) is 0 Å². The maximum atomic E-state index is 5.95. The minimum atomic E-state index is -0.124. The molecule has 0 saturated carbocycles. The Morgan fingerprint density at radius 2 is 1.89 bits per heavy atom. The Bertz CT molecular complexity index is 366. The fourth-order valence-corrected chi connectivity index (χ4v) is 3.26. The summed E-state index contributed by atoms with van der Waals surface area (Å²) >= 11 is 0. The van der Waals surface area contributed by atoms with Gasteiger partial charge in [0.2, 0.25) is 0 Å². The first-order valence-corrected chi connectivity index (χ1v) is 8.36. The second-order valence-corrected chi connectivity index (χ2v) is 7.53. The smallest absolute Gasteiger partial charge is 0.120 e. The van der Waals surface area contributed by atoms with Crippen LogP contribution in [0.15, 0.2) is 24.3 Å². The van der Waals surface area contributed by atoms with Crippen LogP contribution in [0.5, 0.6) is 5.75 Å². The van der Waals surface area contributed by atoms with Gasteiger partial charge in [-0.3, -0.25) is 0 Å². The fourth-order valence-electron chi connectivity index (χ4n) is 2.04. The maximum Gasteiger partial charge on any atom is 0.120 e. The Balaban J connectivity index is 2.86. The van der Waals surface area contributed by atoms with Gasteiger partial charge in [0, 0.05) is 5.66 Å². The van der Waals surface area contributed by atoms with Crippen LogP contribution in [0.2, 0.25) is 0 Å². The van der Waals surface area contributed by atoms with Gasteiger partial charge in [-0.05, 0) is 57.5 Å². The molecule has 0 radical (unpaired) electrons. The molecule has 1 rings (SSSR count). The van der Waals surface area contributed by atoms with Gasteiger partial charge in [0.1, 0.15) is 11.4 Å². The van der Waals surface area contributed by atoms with E-state index in [9.17, 15) is 0 Å². The lowest BCUT2D eigenvalue weighted by Gasteiger charge is -2.23. The molecule has 0 amide bonds. The third-order valence-corrected chi connectivity index (χ3v) is 4.01. The van der Waals surface area contributed by atoms with E-state index in [1.54, 1.807) is 0 Å². The van der Waals surface area contributed by atoms with Crippen molar-refractivity contribution < 1.29 is 4.74 Å². The monoisotopic (exact) mass is 266 g/mol. The largest absolute Gasteiger partial charge is 0.488 e. The first kappa shape index (κ1) is 15.5. The van der Waals surface area contributed by atoms with Crippen molar-refractivity contribution in [1.29, 1.82) is 0 Å². The van der Waals surface area contributed by atoms with E-state index in [0.717, 1.165) is 20.2 Å². The Morgan fingerprint density at radius 1 is 1.22 bits per heavy atom. The van der Waals surface area contributed by atoms with Gasteiger partial charge in [-0.2, -0.15) is 0 Å². The van der Waals surface area contributed by atoms with E-state index in [-0.39, 0.29) is 5.60 Å². The lowest BCUT2D eigenvalue weighted by Crippen LogP contribution is -2.23. The molecule has 0 aliphatic carbocycles. The number of rotatable bonds is 5. The van der Waals surface area contributed by atoms with Crippen LogP contribution in [0.4, 0.5) is 0 Å². The Kier molecular flexibility index (Phi) is 5.66. The van der Waals surface area contributed by atoms with E-state index in [1.807, 2.05) is 0 Å². The molecule has 0 fully saturated rings. The number of benzene rings is 1. The fraction of sp³-hybridized carbons (Fsp3) is 0.625. The van der Waals surface area contributed by atoms with Gasteiger partial charge in [-0.1, -0.05) is 26.0 Å². The molecule has 0 N–H and O–H groups in total. The average molecular weight is 266 g/mol. The van der Waals surface area contributed by atoms with Gasteiger partial charge in [0.25, 0.3) is 0 Å². The van der Waals surface area contributed by atoms with Crippen molar-refractivity contribution in [3.63, 3.8) is 0 Å². The number of hydrogen-bond acceptors (Lipinski definition) is 1. The summed E-state index contributed by atoms with van der Waals surface area (Å²) < 4.78 is 5.95. The molecule has 0 aliphatic heterocycles. The molecule has 0 aromatic heterocycles. The highest BCUT2D eigenvalue weighted by Gasteiger charge is 2.15. The summed E-state index contributed by atoms with van der Waals surface area (Å²) in [7, 11) is 0.948. The van der Waals surface area contributed by atoms with E-state index in [4.69, 9.17) is 4.74 Å². The predicted molar refractivity (Wildman–Crippen MR) is 83.3 cm³/mol. The third kappa shape index (κ3) is 5.40. The van der Waals surface area contributed by atoms with Crippen molar-refractivity contribution in [3.05, 3.63) is 29.8 Å². The van der Waals surface area contributed by atoms with Crippen LogP contribution in [0, 0.1) is 5.92 Å². The molecule has 2 atom stereocenters. The lowest BCUT2D eigenvalue weighted by molar-refractivity contribution is 0.131. The lowest BCUT2D eigenvalue weighted by atomic mass is 10.0. The van der Waals surface area contributed by atoms with Gasteiger partial charge in [0.05, 0.1) is 0 Å². The van der Waals surface area contributed by atoms with Gasteiger partial charge >= 0.3 is 0 Å². The zero-order valence-electron chi connectivity index (χ0n) is 12.6. The highest BCUT2D eigenvalue weighted by molar-refractivity contribution is 7.37. The second kappa shape index (κ2) is 6.57. The zero-order valence-corrected chi connectivity index (χ0v) is 13.6. The van der Waals surface area contributed by atoms with Crippen molar-refractivity contribution in [2.75, 3.05) is 6.66 Å². The molecule has 0 heterocycles. The van der Waals surface area contributed by atoms with Crippen LogP contribution in [0.3, 0.4) is 0 Å². The van der Waals surface area contributed by atoms with Crippen LogP contribution in [0.25, 0.3) is 0 Å². The molecule has 0 saturated heterocycles. The molecule has 0 bridgehead atoms. The van der Waals surface area contributed by atoms with Gasteiger partial charge < -0.3 is 4.74 Å². The first-order valence-electron chi connectivity index (χ1n) is 6.78. The average Bonchev–Trinajstić information content (AvgIpc) is 2.23. The highest BCUT2D eigenvalue weighted by atomic mass is 31.1. The Hall–Kier alpha value is -0.550. The highest BCUT2D eigenvalue weighted by Crippen LogP contribution is 2.38. The summed E-state index contributed by atoms with van der Waals surface area (Å²) in [6, 6.07) is 8.62. The van der Waals surface area contributed by atoms with E-state index in [2.05, 4.69) is 65.5 Å². The quantitative estimate of drug-likeness (QED) is 0.660. The summed E-state index contributed by atoms with van der Waals surface area (Å²) in [6.45, 7) is 13.2. The molecule has 1 aromatic carbocycles. The topological polar surface area (TPSA) is 9.23 Å². The first-order chi connectivity index (χ1) is 8.31. The van der Waals surface area contributed by atoms with Crippen molar-refractivity contribution >= 4 is 8.58 Å². The molecule has 18 heavy (non-hydrogen) atoms. The van der Waals surface area contributed by atoms with Crippen molar-refractivity contribution in [2.24, 2.45) is 5.92 Å². The Labute approximate surface area is 114 Å². The minimum Gasteiger partial charge on any atom is -0.488 e. The molecule has 0 spiro atoms.